The van der Waals surface area contributed by atoms with Crippen LogP contribution in [0.2, 0.25) is 0 Å². The van der Waals surface area contributed by atoms with E-state index >= 15 is 0 Å². The first-order chi connectivity index (χ1) is 12.0. The van der Waals surface area contributed by atoms with Gasteiger partial charge in [0.05, 0.1) is 11.5 Å². The Hall–Kier alpha value is -2.28. The van der Waals surface area contributed by atoms with Crippen LogP contribution in [-0.4, -0.2) is 41.3 Å². The number of thioether (sulfide) groups is 1. The van der Waals surface area contributed by atoms with Crippen molar-refractivity contribution in [1.82, 2.24) is 4.90 Å². The van der Waals surface area contributed by atoms with E-state index in [9.17, 15) is 14.4 Å². The lowest BCUT2D eigenvalue weighted by atomic mass is 10.2. The molecule has 2 amide bonds. The molecule has 134 valence electrons. The molecule has 0 N–H and O–H groups in total. The highest BCUT2D eigenvalue weighted by atomic mass is 32.2. The van der Waals surface area contributed by atoms with Crippen LogP contribution in [0.3, 0.4) is 0 Å². The first kappa shape index (κ1) is 19.1. The molecule has 0 aromatic heterocycles. The second-order valence-corrected chi connectivity index (χ2v) is 6.46. The maximum atomic E-state index is 12.4. The molecule has 25 heavy (non-hydrogen) atoms. The third kappa shape index (κ3) is 4.85. The molecule has 1 heterocycles. The van der Waals surface area contributed by atoms with E-state index < -0.39 is 5.97 Å². The number of hydrogen-bond donors (Lipinski definition) is 0. The molecule has 1 aromatic rings. The molecule has 1 aliphatic rings. The second kappa shape index (κ2) is 8.71. The van der Waals surface area contributed by atoms with Gasteiger partial charge in [-0.15, -0.1) is 0 Å². The molecule has 6 nitrogen and oxygen atoms in total. The fourth-order valence-corrected chi connectivity index (χ4v) is 3.13. The Kier molecular flexibility index (Phi) is 6.64. The van der Waals surface area contributed by atoms with Crippen LogP contribution in [0.25, 0.3) is 6.08 Å². The van der Waals surface area contributed by atoms with Crippen molar-refractivity contribution in [2.75, 3.05) is 13.2 Å². The Labute approximate surface area is 151 Å². The topological polar surface area (TPSA) is 72.9 Å². The first-order valence-electron chi connectivity index (χ1n) is 8.11. The highest BCUT2D eigenvalue weighted by Crippen LogP contribution is 2.34. The lowest BCUT2D eigenvalue weighted by Crippen LogP contribution is -2.36. The molecule has 0 spiro atoms. The quantitative estimate of drug-likeness (QED) is 0.546. The van der Waals surface area contributed by atoms with Crippen LogP contribution in [0, 0.1) is 0 Å². The van der Waals surface area contributed by atoms with Gasteiger partial charge in [-0.05, 0) is 55.8 Å². The normalized spacial score (nSPS) is 17.1. The van der Waals surface area contributed by atoms with Gasteiger partial charge >= 0.3 is 5.97 Å². The van der Waals surface area contributed by atoms with Crippen molar-refractivity contribution < 1.29 is 23.9 Å². The molecule has 7 heteroatoms. The zero-order valence-corrected chi connectivity index (χ0v) is 15.3. The number of ether oxygens (including phenoxy) is 2. The van der Waals surface area contributed by atoms with E-state index in [-0.39, 0.29) is 23.8 Å². The zero-order chi connectivity index (χ0) is 18.4. The van der Waals surface area contributed by atoms with Crippen LogP contribution in [-0.2, 0) is 14.3 Å². The fourth-order valence-electron chi connectivity index (χ4n) is 2.20. The van der Waals surface area contributed by atoms with Crippen LogP contribution >= 0.6 is 11.8 Å². The summed E-state index contributed by atoms with van der Waals surface area (Å²) in [5.41, 5.74) is 0.776. The summed E-state index contributed by atoms with van der Waals surface area (Å²) < 4.78 is 10.1. The van der Waals surface area contributed by atoms with Gasteiger partial charge in [0.15, 0.2) is 6.61 Å². The summed E-state index contributed by atoms with van der Waals surface area (Å²) in [6, 6.07) is 6.81. The van der Waals surface area contributed by atoms with E-state index in [1.807, 2.05) is 13.8 Å². The van der Waals surface area contributed by atoms with Gasteiger partial charge in [-0.1, -0.05) is 19.1 Å². The van der Waals surface area contributed by atoms with Crippen molar-refractivity contribution in [1.29, 1.82) is 0 Å². The lowest BCUT2D eigenvalue weighted by molar-refractivity contribution is -0.145. The molecule has 1 atom stereocenters. The van der Waals surface area contributed by atoms with E-state index in [4.69, 9.17) is 9.47 Å². The highest BCUT2D eigenvalue weighted by molar-refractivity contribution is 8.18. The summed E-state index contributed by atoms with van der Waals surface area (Å²) >= 11 is 0.950. The third-order valence-corrected chi connectivity index (χ3v) is 4.58. The Morgan fingerprint density at radius 1 is 1.24 bits per heavy atom. The SMILES string of the molecule is CCOC(=O)COc1ccc(/C=C2/SC(=O)N([C@H](C)CC)C2=O)cc1. The van der Waals surface area contributed by atoms with Crippen molar-refractivity contribution in [2.24, 2.45) is 0 Å². The third-order valence-electron chi connectivity index (χ3n) is 3.70. The summed E-state index contributed by atoms with van der Waals surface area (Å²) in [4.78, 5) is 37.3. The van der Waals surface area contributed by atoms with Crippen LogP contribution < -0.4 is 4.74 Å². The Morgan fingerprint density at radius 2 is 1.92 bits per heavy atom. The predicted molar refractivity (Wildman–Crippen MR) is 96.1 cm³/mol. The Bertz CT molecular complexity index is 683. The molecular formula is C18H21NO5S. The van der Waals surface area contributed by atoms with Gasteiger partial charge < -0.3 is 9.47 Å². The molecule has 0 aliphatic carbocycles. The van der Waals surface area contributed by atoms with E-state index in [1.165, 1.54) is 4.90 Å². The minimum Gasteiger partial charge on any atom is -0.482 e. The summed E-state index contributed by atoms with van der Waals surface area (Å²) in [5, 5.41) is -0.236. The summed E-state index contributed by atoms with van der Waals surface area (Å²) in [5.74, 6) is -0.157. The maximum absolute atomic E-state index is 12.4. The lowest BCUT2D eigenvalue weighted by Gasteiger charge is -2.19. The van der Waals surface area contributed by atoms with Crippen molar-refractivity contribution in [2.45, 2.75) is 33.2 Å². The van der Waals surface area contributed by atoms with Crippen molar-refractivity contribution in [3.8, 4) is 5.75 Å². The molecule has 2 rings (SSSR count). The fraction of sp³-hybridized carbons (Fsp3) is 0.389. The number of imide groups is 1. The zero-order valence-electron chi connectivity index (χ0n) is 14.5. The summed E-state index contributed by atoms with van der Waals surface area (Å²) in [7, 11) is 0. The molecule has 0 radical (unpaired) electrons. The smallest absolute Gasteiger partial charge is 0.344 e. The van der Waals surface area contributed by atoms with Crippen LogP contribution in [0.1, 0.15) is 32.8 Å². The van der Waals surface area contributed by atoms with Crippen molar-refractivity contribution >= 4 is 35.0 Å². The number of hydrogen-bond acceptors (Lipinski definition) is 6. The number of nitrogens with zero attached hydrogens (tertiary/aromatic N) is 1. The van der Waals surface area contributed by atoms with Gasteiger partial charge in [-0.2, -0.15) is 0 Å². The number of amides is 2. The number of benzene rings is 1. The second-order valence-electron chi connectivity index (χ2n) is 5.47. The summed E-state index contributed by atoms with van der Waals surface area (Å²) in [6.45, 7) is 5.69. The predicted octanol–water partition coefficient (Wildman–Crippen LogP) is 3.46. The number of carbonyl (C=O) groups excluding carboxylic acids is 3. The van der Waals surface area contributed by atoms with Gasteiger partial charge in [0.1, 0.15) is 5.75 Å². The molecule has 0 saturated carbocycles. The summed E-state index contributed by atoms with van der Waals surface area (Å²) in [6.07, 6.45) is 2.40. The van der Waals surface area contributed by atoms with Gasteiger partial charge in [0.2, 0.25) is 0 Å². The van der Waals surface area contributed by atoms with Crippen molar-refractivity contribution in [3.05, 3.63) is 34.7 Å². The number of carbonyl (C=O) groups is 3. The average Bonchev–Trinajstić information content (AvgIpc) is 2.87. The van der Waals surface area contributed by atoms with E-state index in [2.05, 4.69) is 0 Å². The van der Waals surface area contributed by atoms with Gasteiger partial charge in [0.25, 0.3) is 11.1 Å². The van der Waals surface area contributed by atoms with E-state index in [0.29, 0.717) is 17.3 Å². The Balaban J connectivity index is 2.03. The first-order valence-corrected chi connectivity index (χ1v) is 8.93. The van der Waals surface area contributed by atoms with Gasteiger partial charge in [0, 0.05) is 6.04 Å². The van der Waals surface area contributed by atoms with Gasteiger partial charge in [-0.25, -0.2) is 4.79 Å². The van der Waals surface area contributed by atoms with Gasteiger partial charge in [-0.3, -0.25) is 14.5 Å². The van der Waals surface area contributed by atoms with E-state index in [0.717, 1.165) is 23.7 Å². The monoisotopic (exact) mass is 363 g/mol. The molecular weight excluding hydrogens is 342 g/mol. The van der Waals surface area contributed by atoms with Crippen molar-refractivity contribution in [3.63, 3.8) is 0 Å². The highest BCUT2D eigenvalue weighted by Gasteiger charge is 2.37. The Morgan fingerprint density at radius 3 is 2.52 bits per heavy atom. The standard InChI is InChI=1S/C18H21NO5S/c1-4-12(3)19-17(21)15(25-18(19)22)10-13-6-8-14(9-7-13)24-11-16(20)23-5-2/h6-10,12H,4-5,11H2,1-3H3/b15-10+/t12-/m1/s1. The van der Waals surface area contributed by atoms with E-state index in [1.54, 1.807) is 37.3 Å². The number of rotatable bonds is 7. The largest absolute Gasteiger partial charge is 0.482 e. The average molecular weight is 363 g/mol. The molecule has 1 aliphatic heterocycles. The van der Waals surface area contributed by atoms with Crippen LogP contribution in [0.5, 0.6) is 5.75 Å². The molecule has 0 unspecified atom stereocenters. The molecule has 1 saturated heterocycles. The molecule has 1 aromatic carbocycles. The minimum absolute atomic E-state index is 0.114. The minimum atomic E-state index is -0.426. The number of esters is 1. The molecule has 0 bridgehead atoms. The molecule has 1 fully saturated rings. The maximum Gasteiger partial charge on any atom is 0.344 e. The van der Waals surface area contributed by atoms with Crippen LogP contribution in [0.4, 0.5) is 4.79 Å². The van der Waals surface area contributed by atoms with Crippen LogP contribution in [0.15, 0.2) is 29.2 Å².